The van der Waals surface area contributed by atoms with Crippen molar-refractivity contribution in [2.24, 2.45) is 22.7 Å². The highest BCUT2D eigenvalue weighted by atomic mass is 16.5. The Morgan fingerprint density at radius 2 is 1.32 bits per heavy atom. The number of rotatable bonds is 13. The molecular weight excluding hydrogens is 863 g/mol. The van der Waals surface area contributed by atoms with Gasteiger partial charge < -0.3 is 44.4 Å². The molecule has 4 saturated heterocycles. The second-order valence-electron chi connectivity index (χ2n) is 20.1. The number of ether oxygens (including phenoxy) is 4. The summed E-state index contributed by atoms with van der Waals surface area (Å²) in [5.74, 6) is 1.00. The fourth-order valence-electron chi connectivity index (χ4n) is 11.7. The maximum Gasteiger partial charge on any atom is 0.407 e. The molecule has 6 aliphatic rings. The number of alkyl carbamates (subject to hydrolysis) is 2. The Balaban J connectivity index is 0.836. The maximum atomic E-state index is 14.6. The largest absolute Gasteiger partial charge is 0.453 e. The molecule has 15 heteroatoms. The van der Waals surface area contributed by atoms with Gasteiger partial charge in [-0.05, 0) is 137 Å². The zero-order valence-corrected chi connectivity index (χ0v) is 40.4. The third-order valence-corrected chi connectivity index (χ3v) is 15.7. The molecule has 5 aliphatic heterocycles. The van der Waals surface area contributed by atoms with Crippen molar-refractivity contribution in [3.8, 4) is 22.4 Å². The van der Waals surface area contributed by atoms with Gasteiger partial charge in [0.15, 0.2) is 0 Å². The van der Waals surface area contributed by atoms with E-state index in [0.717, 1.165) is 96.4 Å². The summed E-state index contributed by atoms with van der Waals surface area (Å²) in [7, 11) is 2.67. The van der Waals surface area contributed by atoms with Crippen LogP contribution in [-0.2, 0) is 28.5 Å². The fourth-order valence-corrected chi connectivity index (χ4v) is 11.7. The first kappa shape index (κ1) is 47.5. The summed E-state index contributed by atoms with van der Waals surface area (Å²) in [5.41, 5.74) is 7.19. The number of likely N-dealkylation sites (tertiary alicyclic amines) is 2. The maximum absolute atomic E-state index is 14.6. The molecule has 9 rings (SSSR count). The highest BCUT2D eigenvalue weighted by Gasteiger charge is 2.48. The Bertz CT molecular complexity index is 2360. The molecule has 4 amide bonds. The van der Waals surface area contributed by atoms with Gasteiger partial charge in [-0.3, -0.25) is 14.6 Å². The van der Waals surface area contributed by atoms with Crippen molar-refractivity contribution in [3.05, 3.63) is 72.3 Å². The number of aromatic amines is 1. The summed E-state index contributed by atoms with van der Waals surface area (Å²) in [6.45, 7) is 8.87. The number of allylic oxidation sites excluding steroid dienone is 1. The lowest BCUT2D eigenvalue weighted by Crippen LogP contribution is -2.57. The van der Waals surface area contributed by atoms with E-state index in [1.807, 2.05) is 22.2 Å². The molecule has 0 unspecified atom stereocenters. The summed E-state index contributed by atoms with van der Waals surface area (Å²) >= 11 is 0. The van der Waals surface area contributed by atoms with Crippen LogP contribution in [0.25, 0.3) is 28.0 Å². The molecule has 0 spiro atoms. The topological polar surface area (TPSA) is 177 Å². The average Bonchev–Trinajstić information content (AvgIpc) is 3.64. The number of nitrogens with zero attached hydrogens (tertiary/aromatic N) is 4. The highest BCUT2D eigenvalue weighted by Crippen LogP contribution is 2.43. The van der Waals surface area contributed by atoms with Gasteiger partial charge in [-0.15, -0.1) is 0 Å². The van der Waals surface area contributed by atoms with Gasteiger partial charge >= 0.3 is 12.2 Å². The molecule has 364 valence electrons. The van der Waals surface area contributed by atoms with E-state index >= 15 is 0 Å². The lowest BCUT2D eigenvalue weighted by atomic mass is 9.83. The van der Waals surface area contributed by atoms with Crippen LogP contribution in [0, 0.1) is 17.8 Å². The van der Waals surface area contributed by atoms with E-state index < -0.39 is 24.3 Å². The van der Waals surface area contributed by atoms with Gasteiger partial charge in [0.1, 0.15) is 17.9 Å². The first-order valence-corrected chi connectivity index (χ1v) is 25.0. The van der Waals surface area contributed by atoms with E-state index in [-0.39, 0.29) is 66.1 Å². The van der Waals surface area contributed by atoms with Crippen LogP contribution in [0.4, 0.5) is 9.59 Å². The van der Waals surface area contributed by atoms with Crippen LogP contribution in [0.5, 0.6) is 0 Å². The van der Waals surface area contributed by atoms with E-state index in [4.69, 9.17) is 28.9 Å². The third kappa shape index (κ3) is 10.1. The summed E-state index contributed by atoms with van der Waals surface area (Å²) in [5, 5.41) is 5.84. The quantitative estimate of drug-likeness (QED) is 0.152. The molecule has 5 fully saturated rings. The van der Waals surface area contributed by atoms with Crippen LogP contribution in [0.1, 0.15) is 122 Å². The van der Waals surface area contributed by atoms with Gasteiger partial charge in [-0.25, -0.2) is 14.6 Å². The van der Waals surface area contributed by atoms with Gasteiger partial charge in [0.05, 0.1) is 56.5 Å². The predicted molar refractivity (Wildman–Crippen MR) is 258 cm³/mol. The molecule has 6 heterocycles. The number of carbonyl (C=O) groups is 4. The lowest BCUT2D eigenvalue weighted by Gasteiger charge is -2.40. The van der Waals surface area contributed by atoms with Crippen molar-refractivity contribution in [3.63, 3.8) is 0 Å². The van der Waals surface area contributed by atoms with Gasteiger partial charge in [0.25, 0.3) is 0 Å². The van der Waals surface area contributed by atoms with Crippen molar-refractivity contribution >= 4 is 35.3 Å². The number of carbonyl (C=O) groups excluding carboxylic acids is 4. The van der Waals surface area contributed by atoms with Crippen LogP contribution in [0.2, 0.25) is 0 Å². The second kappa shape index (κ2) is 20.6. The summed E-state index contributed by atoms with van der Waals surface area (Å²) in [4.78, 5) is 71.4. The van der Waals surface area contributed by atoms with Crippen LogP contribution in [0.15, 0.2) is 65.9 Å². The average molecular weight is 932 g/mol. The van der Waals surface area contributed by atoms with Crippen LogP contribution < -0.4 is 10.6 Å². The SMILES string of the molecule is CC[C@@H]1C[C@@H]([C@H](NC(=O)OC)C(=O)N2[C@@H](C)CC[C@H]2c2ncc(-c3ccc(-c4ccc(C5=CN=C([C@@H]6CC[C@H](C)N6C(=O)[C@@H](NC(=O)OC)[C@H]6C[C@@H](C)O[C@H](C7CC7)C6)C5)cc4)cc3)[nH]2)CCO1. The van der Waals surface area contributed by atoms with Gasteiger partial charge in [-0.2, -0.15) is 0 Å². The molecular formula is C53H69N7O8. The molecule has 3 aromatic rings. The number of amides is 4. The molecule has 3 N–H and O–H groups in total. The molecule has 2 aromatic carbocycles. The van der Waals surface area contributed by atoms with Gasteiger partial charge in [-0.1, -0.05) is 55.5 Å². The second-order valence-corrected chi connectivity index (χ2v) is 20.1. The Kier molecular flexibility index (Phi) is 14.4. The monoisotopic (exact) mass is 932 g/mol. The van der Waals surface area contributed by atoms with Crippen molar-refractivity contribution < 1.29 is 38.1 Å². The van der Waals surface area contributed by atoms with E-state index in [9.17, 15) is 19.2 Å². The summed E-state index contributed by atoms with van der Waals surface area (Å²) in [6.07, 6.45) is 12.7. The summed E-state index contributed by atoms with van der Waals surface area (Å²) in [6, 6.07) is 15.1. The van der Waals surface area contributed by atoms with E-state index in [0.29, 0.717) is 38.2 Å². The molecule has 1 saturated carbocycles. The van der Waals surface area contributed by atoms with Gasteiger partial charge in [0.2, 0.25) is 11.8 Å². The Labute approximate surface area is 400 Å². The molecule has 0 radical (unpaired) electrons. The minimum absolute atomic E-state index is 0.0169. The van der Waals surface area contributed by atoms with Crippen molar-refractivity contribution in [2.45, 2.75) is 159 Å². The number of H-pyrrole nitrogens is 1. The normalized spacial score (nSPS) is 29.2. The number of hydrogen-bond donors (Lipinski definition) is 3. The predicted octanol–water partition coefficient (Wildman–Crippen LogP) is 8.61. The molecule has 1 aliphatic carbocycles. The van der Waals surface area contributed by atoms with Gasteiger partial charge in [0, 0.05) is 37.0 Å². The lowest BCUT2D eigenvalue weighted by molar-refractivity contribution is -0.140. The number of methoxy groups -OCH3 is 2. The number of hydrogen-bond acceptors (Lipinski definition) is 10. The highest BCUT2D eigenvalue weighted by molar-refractivity contribution is 6.04. The van der Waals surface area contributed by atoms with Crippen LogP contribution in [0.3, 0.4) is 0 Å². The first-order valence-electron chi connectivity index (χ1n) is 25.0. The van der Waals surface area contributed by atoms with Crippen molar-refractivity contribution in [1.29, 1.82) is 0 Å². The molecule has 68 heavy (non-hydrogen) atoms. The molecule has 15 nitrogen and oxygen atoms in total. The van der Waals surface area contributed by atoms with Crippen molar-refractivity contribution in [2.75, 3.05) is 20.8 Å². The number of benzene rings is 2. The van der Waals surface area contributed by atoms with Crippen molar-refractivity contribution in [1.82, 2.24) is 30.4 Å². The standard InChI is InChI=1S/C53H69N7O8/c1-7-41-25-38(22-23-67-41)47(57-52(63)65-5)50(61)60-31(3)9-21-45(60)49-55-29-43(56-49)36-16-14-34(15-17-36)33-10-12-35(13-11-33)40-26-42(54-28-40)44-20-8-30(2)59(44)51(62)48(58-53(64)66-6)39-24-32(4)68-46(27-39)37-18-19-37/h10-17,28-32,37-39,41,44-48H,7-9,18-27H2,1-6H3,(H,55,56)(H,57,63)(H,58,64)/t30-,31-,32+,38-,39-,41+,44-,45-,46-,47-,48-/m0/s1. The zero-order chi connectivity index (χ0) is 47.6. The molecule has 1 aromatic heterocycles. The third-order valence-electron chi connectivity index (χ3n) is 15.7. The van der Waals surface area contributed by atoms with E-state index in [1.54, 1.807) is 0 Å². The molecule has 11 atom stereocenters. The van der Waals surface area contributed by atoms with Crippen LogP contribution >= 0.6 is 0 Å². The number of aliphatic imine (C=N–C) groups is 1. The first-order chi connectivity index (χ1) is 32.9. The minimum atomic E-state index is -0.715. The van der Waals surface area contributed by atoms with E-state index in [2.05, 4.69) is 91.8 Å². The Morgan fingerprint density at radius 1 is 0.735 bits per heavy atom. The molecule has 0 bridgehead atoms. The minimum Gasteiger partial charge on any atom is -0.453 e. The number of aromatic nitrogens is 2. The fraction of sp³-hybridized carbons (Fsp3) is 0.585. The summed E-state index contributed by atoms with van der Waals surface area (Å²) < 4.78 is 22.2. The number of imidazole rings is 1. The van der Waals surface area contributed by atoms with Crippen LogP contribution in [-0.4, -0.2) is 119 Å². The Hall–Kier alpha value is -5.54. The zero-order valence-electron chi connectivity index (χ0n) is 40.4. The smallest absolute Gasteiger partial charge is 0.407 e. The van der Waals surface area contributed by atoms with E-state index in [1.165, 1.54) is 14.2 Å². The number of nitrogens with one attached hydrogen (secondary N) is 3. The Morgan fingerprint density at radius 3 is 1.94 bits per heavy atom.